The molecule has 0 aliphatic rings. The normalized spacial score (nSPS) is 11.6. The fourth-order valence-corrected chi connectivity index (χ4v) is 2.30. The van der Waals surface area contributed by atoms with Crippen molar-refractivity contribution in [1.29, 1.82) is 0 Å². The summed E-state index contributed by atoms with van der Waals surface area (Å²) in [5.41, 5.74) is 2.65. The van der Waals surface area contributed by atoms with Gasteiger partial charge in [0.25, 0.3) is 0 Å². The minimum atomic E-state index is -0.781. The molecule has 0 bridgehead atoms. The number of hydrogen-bond donors (Lipinski definition) is 0. The molecule has 0 N–H and O–H groups in total. The fraction of sp³-hybridized carbons (Fsp3) is 0.300. The van der Waals surface area contributed by atoms with Crippen molar-refractivity contribution in [3.8, 4) is 5.75 Å². The van der Waals surface area contributed by atoms with Crippen LogP contribution in [0.1, 0.15) is 34.8 Å². The maximum atomic E-state index is 12.2. The van der Waals surface area contributed by atoms with Gasteiger partial charge < -0.3 is 9.47 Å². The van der Waals surface area contributed by atoms with Gasteiger partial charge in [-0.1, -0.05) is 42.0 Å². The number of methoxy groups -OCH3 is 1. The van der Waals surface area contributed by atoms with Crippen LogP contribution in [0.2, 0.25) is 0 Å². The van der Waals surface area contributed by atoms with E-state index in [1.54, 1.807) is 26.2 Å². The second-order valence-corrected chi connectivity index (χ2v) is 5.71. The van der Waals surface area contributed by atoms with Crippen LogP contribution in [0, 0.1) is 6.92 Å². The lowest BCUT2D eigenvalue weighted by Gasteiger charge is -2.12. The van der Waals surface area contributed by atoms with Gasteiger partial charge in [0.2, 0.25) is 5.78 Å². The van der Waals surface area contributed by atoms with Crippen molar-refractivity contribution >= 4 is 11.8 Å². The smallest absolute Gasteiger partial charge is 0.306 e. The predicted octanol–water partition coefficient (Wildman–Crippen LogP) is 3.75. The number of rotatable bonds is 7. The lowest BCUT2D eigenvalue weighted by atomic mass is 10.1. The van der Waals surface area contributed by atoms with E-state index in [2.05, 4.69) is 0 Å². The molecule has 0 unspecified atom stereocenters. The van der Waals surface area contributed by atoms with Crippen molar-refractivity contribution in [2.45, 2.75) is 32.8 Å². The van der Waals surface area contributed by atoms with Gasteiger partial charge in [-0.25, -0.2) is 0 Å². The zero-order chi connectivity index (χ0) is 17.5. The molecule has 24 heavy (non-hydrogen) atoms. The second-order valence-electron chi connectivity index (χ2n) is 5.71. The van der Waals surface area contributed by atoms with Crippen LogP contribution in [0.15, 0.2) is 48.5 Å². The number of hydrogen-bond acceptors (Lipinski definition) is 4. The number of carbonyl (C=O) groups is 2. The topological polar surface area (TPSA) is 52.6 Å². The van der Waals surface area contributed by atoms with E-state index in [-0.39, 0.29) is 18.2 Å². The van der Waals surface area contributed by atoms with Gasteiger partial charge in [-0.15, -0.1) is 0 Å². The van der Waals surface area contributed by atoms with Gasteiger partial charge in [0.1, 0.15) is 5.75 Å². The maximum Gasteiger partial charge on any atom is 0.306 e. The molecule has 0 aromatic heterocycles. The molecule has 4 nitrogen and oxygen atoms in total. The third-order valence-corrected chi connectivity index (χ3v) is 3.79. The van der Waals surface area contributed by atoms with Crippen LogP contribution in [0.4, 0.5) is 0 Å². The highest BCUT2D eigenvalue weighted by molar-refractivity contribution is 6.00. The molecular formula is C20H22O4. The average Bonchev–Trinajstić information content (AvgIpc) is 2.60. The molecule has 2 aromatic carbocycles. The third kappa shape index (κ3) is 4.95. The monoisotopic (exact) mass is 326 g/mol. The van der Waals surface area contributed by atoms with E-state index >= 15 is 0 Å². The molecule has 0 amide bonds. The first kappa shape index (κ1) is 17.7. The van der Waals surface area contributed by atoms with Crippen molar-refractivity contribution in [3.63, 3.8) is 0 Å². The molecule has 0 aliphatic heterocycles. The molecule has 2 aromatic rings. The Labute approximate surface area is 142 Å². The van der Waals surface area contributed by atoms with Crippen LogP contribution in [-0.4, -0.2) is 25.0 Å². The molecule has 4 heteroatoms. The molecule has 0 spiro atoms. The molecule has 0 heterocycles. The van der Waals surface area contributed by atoms with E-state index in [1.807, 2.05) is 43.3 Å². The average molecular weight is 326 g/mol. The lowest BCUT2D eigenvalue weighted by Crippen LogP contribution is -2.24. The fourth-order valence-electron chi connectivity index (χ4n) is 2.30. The number of esters is 1. The third-order valence-electron chi connectivity index (χ3n) is 3.79. The first-order valence-corrected chi connectivity index (χ1v) is 7.93. The summed E-state index contributed by atoms with van der Waals surface area (Å²) in [6, 6.07) is 14.8. The van der Waals surface area contributed by atoms with Crippen molar-refractivity contribution in [1.82, 2.24) is 0 Å². The van der Waals surface area contributed by atoms with Crippen molar-refractivity contribution < 1.29 is 19.1 Å². The minimum Gasteiger partial charge on any atom is -0.497 e. The largest absolute Gasteiger partial charge is 0.497 e. The summed E-state index contributed by atoms with van der Waals surface area (Å²) in [7, 11) is 1.61. The molecule has 2 rings (SSSR count). The summed E-state index contributed by atoms with van der Waals surface area (Å²) in [6.07, 6.45) is 0.0163. The van der Waals surface area contributed by atoms with Gasteiger partial charge in [0.15, 0.2) is 6.10 Å². The van der Waals surface area contributed by atoms with E-state index in [9.17, 15) is 9.59 Å². The van der Waals surface area contributed by atoms with Crippen LogP contribution >= 0.6 is 0 Å². The van der Waals surface area contributed by atoms with Crippen LogP contribution < -0.4 is 4.74 Å². The van der Waals surface area contributed by atoms with E-state index in [0.717, 1.165) is 16.9 Å². The van der Waals surface area contributed by atoms with Crippen LogP contribution in [-0.2, 0) is 16.0 Å². The molecule has 0 fully saturated rings. The Morgan fingerprint density at radius 3 is 2.21 bits per heavy atom. The highest BCUT2D eigenvalue weighted by Crippen LogP contribution is 2.14. The van der Waals surface area contributed by atoms with Crippen molar-refractivity contribution in [2.24, 2.45) is 0 Å². The second kappa shape index (κ2) is 8.29. The van der Waals surface area contributed by atoms with Gasteiger partial charge in [-0.2, -0.15) is 0 Å². The number of benzene rings is 2. The standard InChI is InChI=1S/C20H22O4/c1-14-4-9-17(10-5-14)20(22)15(2)24-19(21)13-8-16-6-11-18(23-3)12-7-16/h4-7,9-12,15H,8,13H2,1-3H3/t15-/m0/s1. The first-order chi connectivity index (χ1) is 11.5. The Morgan fingerprint density at radius 2 is 1.62 bits per heavy atom. The quantitative estimate of drug-likeness (QED) is 0.574. The van der Waals surface area contributed by atoms with Gasteiger partial charge in [0, 0.05) is 12.0 Å². The van der Waals surface area contributed by atoms with Crippen LogP contribution in [0.25, 0.3) is 0 Å². The molecule has 1 atom stereocenters. The van der Waals surface area contributed by atoms with Crippen LogP contribution in [0.5, 0.6) is 5.75 Å². The van der Waals surface area contributed by atoms with Crippen LogP contribution in [0.3, 0.4) is 0 Å². The van der Waals surface area contributed by atoms with Gasteiger partial charge in [0.05, 0.1) is 7.11 Å². The first-order valence-electron chi connectivity index (χ1n) is 7.93. The van der Waals surface area contributed by atoms with E-state index in [1.165, 1.54) is 0 Å². The highest BCUT2D eigenvalue weighted by Gasteiger charge is 2.19. The Balaban J connectivity index is 1.84. The Morgan fingerprint density at radius 1 is 1.00 bits per heavy atom. The minimum absolute atomic E-state index is 0.187. The van der Waals surface area contributed by atoms with Crippen molar-refractivity contribution in [3.05, 3.63) is 65.2 Å². The number of carbonyl (C=O) groups excluding carboxylic acids is 2. The molecule has 0 aliphatic carbocycles. The van der Waals surface area contributed by atoms with E-state index in [4.69, 9.17) is 9.47 Å². The summed E-state index contributed by atoms with van der Waals surface area (Å²) >= 11 is 0. The number of aryl methyl sites for hydroxylation is 2. The summed E-state index contributed by atoms with van der Waals surface area (Å²) < 4.78 is 10.3. The maximum absolute atomic E-state index is 12.2. The predicted molar refractivity (Wildman–Crippen MR) is 92.4 cm³/mol. The number of ketones is 1. The summed E-state index contributed by atoms with van der Waals surface area (Å²) in [5, 5.41) is 0. The Kier molecular flexibility index (Phi) is 6.13. The van der Waals surface area contributed by atoms with E-state index < -0.39 is 6.10 Å². The van der Waals surface area contributed by atoms with Gasteiger partial charge >= 0.3 is 5.97 Å². The Hall–Kier alpha value is -2.62. The molecule has 0 saturated heterocycles. The highest BCUT2D eigenvalue weighted by atomic mass is 16.5. The number of Topliss-reactive ketones (excluding diaryl/α,β-unsaturated/α-hetero) is 1. The molecule has 0 radical (unpaired) electrons. The SMILES string of the molecule is COc1ccc(CCC(=O)O[C@@H](C)C(=O)c2ccc(C)cc2)cc1. The summed E-state index contributed by atoms with van der Waals surface area (Å²) in [4.78, 5) is 24.2. The van der Waals surface area contributed by atoms with Crippen molar-refractivity contribution in [2.75, 3.05) is 7.11 Å². The molecular weight excluding hydrogens is 304 g/mol. The molecule has 126 valence electrons. The molecule has 0 saturated carbocycles. The van der Waals surface area contributed by atoms with Gasteiger partial charge in [-0.05, 0) is 38.0 Å². The summed E-state index contributed by atoms with van der Waals surface area (Å²) in [5.74, 6) is 0.213. The zero-order valence-corrected chi connectivity index (χ0v) is 14.2. The summed E-state index contributed by atoms with van der Waals surface area (Å²) in [6.45, 7) is 3.56. The van der Waals surface area contributed by atoms with Gasteiger partial charge in [-0.3, -0.25) is 9.59 Å². The lowest BCUT2D eigenvalue weighted by molar-refractivity contribution is -0.146. The number of ether oxygens (including phenoxy) is 2. The van der Waals surface area contributed by atoms with E-state index in [0.29, 0.717) is 12.0 Å². The zero-order valence-electron chi connectivity index (χ0n) is 14.2. The Bertz CT molecular complexity index is 687.